The second-order valence-corrected chi connectivity index (χ2v) is 17.7. The molecule has 1 aliphatic heterocycles. The highest BCUT2D eigenvalue weighted by Crippen LogP contribution is 2.39. The van der Waals surface area contributed by atoms with Gasteiger partial charge in [-0.2, -0.15) is 0 Å². The first kappa shape index (κ1) is 36.1. The molecule has 6 atom stereocenters. The minimum absolute atomic E-state index is 0.0540. The van der Waals surface area contributed by atoms with E-state index < -0.39 is 49.8 Å². The second-order valence-electron chi connectivity index (χ2n) is 15.1. The molecule has 1 aliphatic carbocycles. The number of furan rings is 1. The predicted molar refractivity (Wildman–Crippen MR) is 180 cm³/mol. The highest BCUT2D eigenvalue weighted by molar-refractivity contribution is 7.92. The number of piperidine rings is 1. The van der Waals surface area contributed by atoms with E-state index in [4.69, 9.17) is 10.2 Å². The molecule has 1 aromatic heterocycles. The van der Waals surface area contributed by atoms with Crippen molar-refractivity contribution < 1.29 is 27.5 Å². The van der Waals surface area contributed by atoms with Crippen LogP contribution in [0.4, 0.5) is 0 Å². The van der Waals surface area contributed by atoms with Crippen LogP contribution in [0.1, 0.15) is 78.0 Å². The SMILES string of the molecule is CC(C)(C)NC(=O)[C@@H]1C[C@@H]2CCCC[C@@H]2CN1C[C@@H](O)[C@H](Cc1ccccc1)NC(=O)[C@](N)(Cc1ccco1)C(C)(C)S(C)(=O)=O. The Morgan fingerprint density at radius 1 is 1.04 bits per heavy atom. The van der Waals surface area contributed by atoms with E-state index in [2.05, 4.69) is 15.5 Å². The van der Waals surface area contributed by atoms with Crippen LogP contribution in [0.3, 0.4) is 0 Å². The van der Waals surface area contributed by atoms with E-state index in [1.165, 1.54) is 26.5 Å². The molecule has 0 spiro atoms. The number of hydrogen-bond donors (Lipinski definition) is 4. The molecule has 10 nitrogen and oxygen atoms in total. The first-order chi connectivity index (χ1) is 21.4. The zero-order valence-electron chi connectivity index (χ0n) is 28.3. The van der Waals surface area contributed by atoms with Crippen molar-refractivity contribution in [2.75, 3.05) is 19.3 Å². The first-order valence-corrected chi connectivity index (χ1v) is 18.4. The summed E-state index contributed by atoms with van der Waals surface area (Å²) in [4.78, 5) is 30.0. The Bertz CT molecular complexity index is 1420. The Kier molecular flexibility index (Phi) is 11.1. The van der Waals surface area contributed by atoms with Gasteiger partial charge in [-0.25, -0.2) is 8.42 Å². The monoisotopic (exact) mass is 658 g/mol. The Labute approximate surface area is 274 Å². The van der Waals surface area contributed by atoms with Crippen LogP contribution >= 0.6 is 0 Å². The van der Waals surface area contributed by atoms with Crippen LogP contribution in [0.2, 0.25) is 0 Å². The molecule has 2 aliphatic rings. The molecule has 2 amide bonds. The van der Waals surface area contributed by atoms with Gasteiger partial charge in [0.1, 0.15) is 11.3 Å². The Balaban J connectivity index is 1.65. The normalized spacial score (nSPS) is 23.9. The molecule has 0 unspecified atom stereocenters. The van der Waals surface area contributed by atoms with Crippen molar-refractivity contribution >= 4 is 21.7 Å². The van der Waals surface area contributed by atoms with Crippen LogP contribution in [0.25, 0.3) is 0 Å². The number of carbonyl (C=O) groups excluding carboxylic acids is 2. The van der Waals surface area contributed by atoms with Crippen LogP contribution in [0, 0.1) is 11.8 Å². The molecule has 0 radical (unpaired) electrons. The highest BCUT2D eigenvalue weighted by Gasteiger charge is 2.55. The zero-order chi connectivity index (χ0) is 33.9. The van der Waals surface area contributed by atoms with Crippen LogP contribution in [-0.4, -0.2) is 83.6 Å². The van der Waals surface area contributed by atoms with E-state index in [1.54, 1.807) is 12.1 Å². The Morgan fingerprint density at radius 2 is 1.70 bits per heavy atom. The Morgan fingerprint density at radius 3 is 2.28 bits per heavy atom. The van der Waals surface area contributed by atoms with Gasteiger partial charge in [0, 0.05) is 31.3 Å². The third kappa shape index (κ3) is 8.40. The standard InChI is InChI=1S/C35H54N4O6S/c1-33(2,3)38-31(41)29-20-25-15-10-11-16-26(25)22-39(29)23-30(40)28(19-24-13-8-7-9-14-24)37-32(42)35(36,21-27-17-12-18-45-27)34(4,5)46(6,43)44/h7-9,12-14,17-18,25-26,28-30,40H,10-11,15-16,19-23,36H2,1-6H3,(H,37,42)(H,38,41)/t25-,26+,28-,29-,30+,35+/m0/s1. The van der Waals surface area contributed by atoms with E-state index in [9.17, 15) is 23.1 Å². The average Bonchev–Trinajstić information content (AvgIpc) is 3.48. The lowest BCUT2D eigenvalue weighted by Crippen LogP contribution is -2.71. The summed E-state index contributed by atoms with van der Waals surface area (Å²) in [6.45, 7) is 9.62. The fraction of sp³-hybridized carbons (Fsp3) is 0.657. The van der Waals surface area contributed by atoms with Crippen molar-refractivity contribution in [3.8, 4) is 0 Å². The number of benzene rings is 1. The van der Waals surface area contributed by atoms with Gasteiger partial charge in [-0.3, -0.25) is 14.5 Å². The molecule has 1 saturated heterocycles. The molecule has 1 aromatic carbocycles. The van der Waals surface area contributed by atoms with Gasteiger partial charge in [0.25, 0.3) is 0 Å². The number of fused-ring (bicyclic) bond motifs is 1. The molecule has 11 heteroatoms. The minimum Gasteiger partial charge on any atom is -0.469 e. The van der Waals surface area contributed by atoms with Crippen molar-refractivity contribution in [1.82, 2.24) is 15.5 Å². The fourth-order valence-corrected chi connectivity index (χ4v) is 7.85. The maximum Gasteiger partial charge on any atom is 0.242 e. The molecule has 5 N–H and O–H groups in total. The first-order valence-electron chi connectivity index (χ1n) is 16.5. The van der Waals surface area contributed by atoms with Crippen LogP contribution < -0.4 is 16.4 Å². The van der Waals surface area contributed by atoms with Gasteiger partial charge in [-0.05, 0) is 83.4 Å². The molecule has 4 rings (SSSR count). The zero-order valence-corrected chi connectivity index (χ0v) is 29.1. The number of hydrogen-bond acceptors (Lipinski definition) is 8. The van der Waals surface area contributed by atoms with E-state index in [1.807, 2.05) is 51.1 Å². The van der Waals surface area contributed by atoms with Crippen LogP contribution in [0.5, 0.6) is 0 Å². The van der Waals surface area contributed by atoms with Gasteiger partial charge in [-0.15, -0.1) is 0 Å². The summed E-state index contributed by atoms with van der Waals surface area (Å²) in [5.74, 6) is 0.532. The summed E-state index contributed by atoms with van der Waals surface area (Å²) < 4.78 is 29.9. The Hall–Kier alpha value is -2.73. The lowest BCUT2D eigenvalue weighted by molar-refractivity contribution is -0.134. The molecular weight excluding hydrogens is 604 g/mol. The van der Waals surface area contributed by atoms with Gasteiger partial charge < -0.3 is 25.9 Å². The van der Waals surface area contributed by atoms with E-state index in [0.717, 1.165) is 37.5 Å². The number of nitrogens with zero attached hydrogens (tertiary/aromatic N) is 1. The summed E-state index contributed by atoms with van der Waals surface area (Å²) in [6, 6.07) is 11.6. The lowest BCUT2D eigenvalue weighted by atomic mass is 9.72. The molecular formula is C35H54N4O6S. The molecule has 0 bridgehead atoms. The summed E-state index contributed by atoms with van der Waals surface area (Å²) in [5.41, 5.74) is 5.37. The number of aliphatic hydroxyl groups excluding tert-OH is 1. The molecule has 46 heavy (non-hydrogen) atoms. The van der Waals surface area contributed by atoms with Crippen molar-refractivity contribution in [3.63, 3.8) is 0 Å². The van der Waals surface area contributed by atoms with Crippen molar-refractivity contribution in [2.45, 2.75) is 114 Å². The van der Waals surface area contributed by atoms with Crippen LogP contribution in [-0.2, 0) is 32.3 Å². The van der Waals surface area contributed by atoms with E-state index in [0.29, 0.717) is 24.1 Å². The van der Waals surface area contributed by atoms with Gasteiger partial charge in [0.2, 0.25) is 11.8 Å². The maximum atomic E-state index is 14.3. The average molecular weight is 659 g/mol. The van der Waals surface area contributed by atoms with Gasteiger partial charge >= 0.3 is 0 Å². The summed E-state index contributed by atoms with van der Waals surface area (Å²) in [7, 11) is -3.83. The fourth-order valence-electron chi connectivity index (χ4n) is 7.03. The smallest absolute Gasteiger partial charge is 0.242 e. The second kappa shape index (κ2) is 14.2. The number of likely N-dealkylation sites (tertiary alicyclic amines) is 1. The number of carbonyl (C=O) groups is 2. The molecule has 1 saturated carbocycles. The molecule has 256 valence electrons. The highest BCUT2D eigenvalue weighted by atomic mass is 32.2. The summed E-state index contributed by atoms with van der Waals surface area (Å²) in [6.07, 6.45) is 6.82. The molecule has 2 fully saturated rings. The van der Waals surface area contributed by atoms with Gasteiger partial charge in [0.05, 0.1) is 29.2 Å². The number of nitrogens with one attached hydrogen (secondary N) is 2. The topological polar surface area (TPSA) is 155 Å². The van der Waals surface area contributed by atoms with E-state index >= 15 is 0 Å². The predicted octanol–water partition coefficient (Wildman–Crippen LogP) is 3.23. The quantitative estimate of drug-likeness (QED) is 0.271. The summed E-state index contributed by atoms with van der Waals surface area (Å²) >= 11 is 0. The number of amides is 2. The number of aliphatic hydroxyl groups is 1. The number of β-amino-alcohol motifs (C(OH)–C–C–N with tert-alkyl or cyclic N) is 1. The maximum absolute atomic E-state index is 14.3. The van der Waals surface area contributed by atoms with Gasteiger partial charge in [-0.1, -0.05) is 49.6 Å². The third-order valence-electron chi connectivity index (χ3n) is 10.2. The van der Waals surface area contributed by atoms with Crippen molar-refractivity contribution in [1.29, 1.82) is 0 Å². The number of sulfone groups is 1. The minimum atomic E-state index is -3.83. The third-order valence-corrected chi connectivity index (χ3v) is 12.5. The summed E-state index contributed by atoms with van der Waals surface area (Å²) in [5, 5.41) is 18.0. The largest absolute Gasteiger partial charge is 0.469 e. The number of rotatable bonds is 12. The van der Waals surface area contributed by atoms with Gasteiger partial charge in [0.15, 0.2) is 9.84 Å². The molecule has 2 heterocycles. The van der Waals surface area contributed by atoms with E-state index in [-0.39, 0.29) is 25.3 Å². The molecule has 2 aromatic rings. The van der Waals surface area contributed by atoms with Crippen LogP contribution in [0.15, 0.2) is 53.1 Å². The number of nitrogens with two attached hydrogens (primary N) is 1. The van der Waals surface area contributed by atoms with Crippen molar-refractivity contribution in [2.24, 2.45) is 17.6 Å². The van der Waals surface area contributed by atoms with Crippen molar-refractivity contribution in [3.05, 3.63) is 60.1 Å². The lowest BCUT2D eigenvalue weighted by Gasteiger charge is -2.47.